The molecule has 0 spiro atoms. The summed E-state index contributed by atoms with van der Waals surface area (Å²) in [5.74, 6) is 0.279. The Kier molecular flexibility index (Phi) is 4.96. The number of nitrogens with one attached hydrogen (secondary N) is 1. The van der Waals surface area contributed by atoms with Crippen molar-refractivity contribution >= 4 is 17.5 Å². The van der Waals surface area contributed by atoms with E-state index < -0.39 is 11.6 Å². The largest absolute Gasteiger partial charge is 0.496 e. The topological polar surface area (TPSA) is 85.7 Å². The number of rotatable bonds is 4. The number of ether oxygens (including phenoxy) is 1. The van der Waals surface area contributed by atoms with Crippen molar-refractivity contribution in [1.82, 2.24) is 9.80 Å². The molecule has 4 rings (SSSR count). The van der Waals surface area contributed by atoms with Crippen LogP contribution in [0, 0.1) is 11.3 Å². The Bertz CT molecular complexity index is 1060. The van der Waals surface area contributed by atoms with Gasteiger partial charge in [0.2, 0.25) is 5.91 Å². The van der Waals surface area contributed by atoms with Gasteiger partial charge in [-0.15, -0.1) is 0 Å². The lowest BCUT2D eigenvalue weighted by molar-refractivity contribution is -0.138. The molecule has 7 heteroatoms. The molecule has 1 N–H and O–H groups in total. The van der Waals surface area contributed by atoms with Crippen molar-refractivity contribution in [3.63, 3.8) is 0 Å². The normalized spacial score (nSPS) is 22.9. The van der Waals surface area contributed by atoms with E-state index in [-0.39, 0.29) is 11.8 Å². The summed E-state index contributed by atoms with van der Waals surface area (Å²) in [6, 6.07) is 14.3. The van der Waals surface area contributed by atoms with E-state index >= 15 is 0 Å². The Morgan fingerprint density at radius 2 is 2.03 bits per heavy atom. The Balaban J connectivity index is 2.03. The molecule has 2 aromatic carbocycles. The predicted octanol–water partition coefficient (Wildman–Crippen LogP) is 2.32. The zero-order valence-electron chi connectivity index (χ0n) is 17.3. The van der Waals surface area contributed by atoms with Crippen molar-refractivity contribution in [1.29, 1.82) is 5.26 Å². The molecule has 0 aromatic heterocycles. The van der Waals surface area contributed by atoms with Gasteiger partial charge in [-0.1, -0.05) is 18.2 Å². The zero-order valence-corrected chi connectivity index (χ0v) is 17.3. The minimum Gasteiger partial charge on any atom is -0.496 e. The van der Waals surface area contributed by atoms with Crippen molar-refractivity contribution in [3.8, 4) is 11.8 Å². The molecule has 1 fully saturated rings. The highest BCUT2D eigenvalue weighted by Gasteiger charge is 2.58. The number of benzene rings is 2. The first-order valence-corrected chi connectivity index (χ1v) is 9.92. The molecule has 2 heterocycles. The van der Waals surface area contributed by atoms with Crippen LogP contribution >= 0.6 is 0 Å². The van der Waals surface area contributed by atoms with Gasteiger partial charge in [-0.05, 0) is 37.1 Å². The van der Waals surface area contributed by atoms with Crippen LogP contribution in [0.3, 0.4) is 0 Å². The fourth-order valence-corrected chi connectivity index (χ4v) is 4.73. The highest BCUT2D eigenvalue weighted by molar-refractivity contribution is 6.09. The summed E-state index contributed by atoms with van der Waals surface area (Å²) in [5, 5.41) is 12.5. The molecule has 7 nitrogen and oxygen atoms in total. The second-order valence-corrected chi connectivity index (χ2v) is 7.82. The third kappa shape index (κ3) is 2.76. The number of nitriles is 1. The van der Waals surface area contributed by atoms with E-state index in [9.17, 15) is 14.9 Å². The number of fused-ring (bicyclic) bond motifs is 1. The molecule has 2 amide bonds. The third-order valence-electron chi connectivity index (χ3n) is 6.02. The number of carbonyl (C=O) groups is 2. The molecular weight excluding hydrogens is 380 g/mol. The summed E-state index contributed by atoms with van der Waals surface area (Å²) >= 11 is 0. The molecule has 0 bridgehead atoms. The highest BCUT2D eigenvalue weighted by Crippen LogP contribution is 2.50. The van der Waals surface area contributed by atoms with E-state index in [1.54, 1.807) is 44.3 Å². The number of para-hydroxylation sites is 1. The average molecular weight is 404 g/mol. The second-order valence-electron chi connectivity index (χ2n) is 7.82. The number of hydrogen-bond acceptors (Lipinski definition) is 5. The Morgan fingerprint density at radius 3 is 2.73 bits per heavy atom. The first-order valence-electron chi connectivity index (χ1n) is 9.92. The van der Waals surface area contributed by atoms with Crippen molar-refractivity contribution in [3.05, 3.63) is 59.2 Å². The van der Waals surface area contributed by atoms with Crippen LogP contribution < -0.4 is 10.1 Å². The standard InChI is InChI=1S/C23H24N4O3/c1-26(2)21(28)19-8-6-12-27(19)23(16-7-4-5-9-20(16)30-3)17-13-15(14-24)10-11-18(17)25-22(23)29/h4-5,7,9-11,13,19H,6,8,12H2,1-3H3,(H,25,29)/t19?,23-/m1/s1. The molecule has 2 aliphatic heterocycles. The number of likely N-dealkylation sites (N-methyl/N-ethyl adjacent to an activating group) is 1. The SMILES string of the molecule is COc1ccccc1[C@]1(N2CCCC2C(=O)N(C)C)C(=O)Nc2ccc(C#N)cc21. The van der Waals surface area contributed by atoms with E-state index in [1.807, 2.05) is 29.2 Å². The molecule has 2 aromatic rings. The van der Waals surface area contributed by atoms with Crippen LogP contribution in [0.25, 0.3) is 0 Å². The summed E-state index contributed by atoms with van der Waals surface area (Å²) in [7, 11) is 5.02. The molecule has 154 valence electrons. The maximum Gasteiger partial charge on any atom is 0.254 e. The lowest BCUT2D eigenvalue weighted by Gasteiger charge is -2.41. The summed E-state index contributed by atoms with van der Waals surface area (Å²) < 4.78 is 5.64. The number of amides is 2. The van der Waals surface area contributed by atoms with Gasteiger partial charge < -0.3 is 15.0 Å². The number of carbonyl (C=O) groups excluding carboxylic acids is 2. The van der Waals surface area contributed by atoms with Crippen molar-refractivity contribution < 1.29 is 14.3 Å². The fourth-order valence-electron chi connectivity index (χ4n) is 4.73. The molecule has 0 radical (unpaired) electrons. The Labute approximate surface area is 175 Å². The molecule has 0 saturated carbocycles. The van der Waals surface area contributed by atoms with E-state index in [0.717, 1.165) is 6.42 Å². The van der Waals surface area contributed by atoms with Crippen LogP contribution in [-0.4, -0.2) is 55.4 Å². The third-order valence-corrected chi connectivity index (χ3v) is 6.02. The second kappa shape index (κ2) is 7.47. The molecule has 2 atom stereocenters. The van der Waals surface area contributed by atoms with Crippen molar-refractivity contribution in [2.75, 3.05) is 33.1 Å². The quantitative estimate of drug-likeness (QED) is 0.845. The van der Waals surface area contributed by atoms with Crippen molar-refractivity contribution in [2.24, 2.45) is 0 Å². The van der Waals surface area contributed by atoms with Gasteiger partial charge >= 0.3 is 0 Å². The fraction of sp³-hybridized carbons (Fsp3) is 0.348. The lowest BCUT2D eigenvalue weighted by Crippen LogP contribution is -2.57. The molecule has 2 aliphatic rings. The average Bonchev–Trinajstić information content (AvgIpc) is 3.35. The number of likely N-dealkylation sites (tertiary alicyclic amines) is 1. The van der Waals surface area contributed by atoms with Crippen LogP contribution in [0.2, 0.25) is 0 Å². The summed E-state index contributed by atoms with van der Waals surface area (Å²) in [5.41, 5.74) is 1.18. The van der Waals surface area contributed by atoms with Gasteiger partial charge in [0, 0.05) is 37.5 Å². The molecule has 1 saturated heterocycles. The van der Waals surface area contributed by atoms with E-state index in [1.165, 1.54) is 0 Å². The summed E-state index contributed by atoms with van der Waals surface area (Å²) in [6.45, 7) is 0.575. The maximum atomic E-state index is 13.7. The highest BCUT2D eigenvalue weighted by atomic mass is 16.5. The van der Waals surface area contributed by atoms with Gasteiger partial charge in [-0.25, -0.2) is 0 Å². The molecule has 1 unspecified atom stereocenters. The number of nitrogens with zero attached hydrogens (tertiary/aromatic N) is 3. The molecule has 30 heavy (non-hydrogen) atoms. The maximum absolute atomic E-state index is 13.7. The van der Waals surface area contributed by atoms with Gasteiger partial charge in [-0.3, -0.25) is 14.5 Å². The van der Waals surface area contributed by atoms with Gasteiger partial charge in [0.05, 0.1) is 24.8 Å². The van der Waals surface area contributed by atoms with Gasteiger partial charge in [0.1, 0.15) is 5.75 Å². The van der Waals surface area contributed by atoms with Gasteiger partial charge in [0.15, 0.2) is 5.54 Å². The minimum atomic E-state index is -1.26. The predicted molar refractivity (Wildman–Crippen MR) is 112 cm³/mol. The molecular formula is C23H24N4O3. The summed E-state index contributed by atoms with van der Waals surface area (Å²) in [6.07, 6.45) is 1.45. The Morgan fingerprint density at radius 1 is 1.27 bits per heavy atom. The van der Waals surface area contributed by atoms with E-state index in [4.69, 9.17) is 4.74 Å². The zero-order chi connectivity index (χ0) is 21.5. The first kappa shape index (κ1) is 19.9. The van der Waals surface area contributed by atoms with Gasteiger partial charge in [-0.2, -0.15) is 5.26 Å². The minimum absolute atomic E-state index is 0.0422. The smallest absolute Gasteiger partial charge is 0.254 e. The van der Waals surface area contributed by atoms with Crippen LogP contribution in [0.5, 0.6) is 5.75 Å². The van der Waals surface area contributed by atoms with Crippen LogP contribution in [-0.2, 0) is 15.1 Å². The van der Waals surface area contributed by atoms with Crippen LogP contribution in [0.1, 0.15) is 29.5 Å². The molecule has 0 aliphatic carbocycles. The first-order chi connectivity index (χ1) is 14.4. The van der Waals surface area contributed by atoms with E-state index in [0.29, 0.717) is 41.1 Å². The number of hydrogen-bond donors (Lipinski definition) is 1. The number of anilines is 1. The van der Waals surface area contributed by atoms with Crippen LogP contribution in [0.15, 0.2) is 42.5 Å². The summed E-state index contributed by atoms with van der Waals surface area (Å²) in [4.78, 5) is 30.3. The monoisotopic (exact) mass is 404 g/mol. The Hall–Kier alpha value is -3.37. The number of methoxy groups -OCH3 is 1. The van der Waals surface area contributed by atoms with Crippen molar-refractivity contribution in [2.45, 2.75) is 24.4 Å². The van der Waals surface area contributed by atoms with E-state index in [2.05, 4.69) is 11.4 Å². The van der Waals surface area contributed by atoms with Gasteiger partial charge in [0.25, 0.3) is 5.91 Å². The lowest BCUT2D eigenvalue weighted by atomic mass is 9.80. The van der Waals surface area contributed by atoms with Crippen LogP contribution in [0.4, 0.5) is 5.69 Å².